The molecule has 0 bridgehead atoms. The van der Waals surface area contributed by atoms with Crippen molar-refractivity contribution in [1.82, 2.24) is 9.88 Å². The Morgan fingerprint density at radius 2 is 1.31 bits per heavy atom. The van der Waals surface area contributed by atoms with E-state index in [2.05, 4.69) is 35.3 Å². The second kappa shape index (κ2) is 9.39. The van der Waals surface area contributed by atoms with Crippen LogP contribution in [0, 0.1) is 0 Å². The molecule has 1 heterocycles. The van der Waals surface area contributed by atoms with E-state index in [0.29, 0.717) is 18.8 Å². The number of carbonyl (C=O) groups excluding carboxylic acids is 1. The standard InChI is InChI=1S/C25H22N2OS/c28-25(19-29-24-16-15-22-13-7-8-14-23(22)26-24)27(17-20-9-3-1-4-10-20)18-21-11-5-2-6-12-21/h1-16H,17-19H2. The van der Waals surface area contributed by atoms with E-state index in [1.54, 1.807) is 0 Å². The second-order valence-corrected chi connectivity index (χ2v) is 7.85. The predicted octanol–water partition coefficient (Wildman–Crippen LogP) is 5.56. The van der Waals surface area contributed by atoms with Gasteiger partial charge in [0.1, 0.15) is 0 Å². The second-order valence-electron chi connectivity index (χ2n) is 6.85. The number of hydrogen-bond acceptors (Lipinski definition) is 3. The molecular weight excluding hydrogens is 376 g/mol. The van der Waals surface area contributed by atoms with Crippen LogP contribution in [-0.4, -0.2) is 21.5 Å². The molecule has 0 saturated carbocycles. The fraction of sp³-hybridized carbons (Fsp3) is 0.120. The van der Waals surface area contributed by atoms with Gasteiger partial charge in [-0.1, -0.05) is 96.7 Å². The van der Waals surface area contributed by atoms with Gasteiger partial charge >= 0.3 is 0 Å². The summed E-state index contributed by atoms with van der Waals surface area (Å²) in [6.07, 6.45) is 0. The zero-order valence-corrected chi connectivity index (χ0v) is 16.9. The Bertz CT molecular complexity index is 1040. The van der Waals surface area contributed by atoms with Gasteiger partial charge in [-0.15, -0.1) is 0 Å². The van der Waals surface area contributed by atoms with Gasteiger partial charge in [-0.25, -0.2) is 4.98 Å². The van der Waals surface area contributed by atoms with Gasteiger partial charge in [0.15, 0.2) is 0 Å². The van der Waals surface area contributed by atoms with Gasteiger partial charge in [-0.05, 0) is 23.3 Å². The maximum absolute atomic E-state index is 13.1. The average molecular weight is 399 g/mol. The van der Waals surface area contributed by atoms with Crippen molar-refractivity contribution in [1.29, 1.82) is 0 Å². The third-order valence-electron chi connectivity index (χ3n) is 4.70. The van der Waals surface area contributed by atoms with Crippen LogP contribution in [0.15, 0.2) is 102 Å². The topological polar surface area (TPSA) is 33.2 Å². The summed E-state index contributed by atoms with van der Waals surface area (Å²) >= 11 is 1.49. The van der Waals surface area contributed by atoms with Gasteiger partial charge in [0.25, 0.3) is 0 Å². The van der Waals surface area contributed by atoms with Crippen molar-refractivity contribution in [3.05, 3.63) is 108 Å². The molecule has 0 unspecified atom stereocenters. The van der Waals surface area contributed by atoms with Crippen molar-refractivity contribution in [2.24, 2.45) is 0 Å². The first kappa shape index (κ1) is 19.2. The first-order valence-electron chi connectivity index (χ1n) is 9.62. The SMILES string of the molecule is O=C(CSc1ccc2ccccc2n1)N(Cc1ccccc1)Cc1ccccc1. The van der Waals surface area contributed by atoms with E-state index in [1.807, 2.05) is 71.6 Å². The van der Waals surface area contributed by atoms with Crippen LogP contribution in [0.5, 0.6) is 0 Å². The van der Waals surface area contributed by atoms with Crippen LogP contribution in [0.4, 0.5) is 0 Å². The van der Waals surface area contributed by atoms with Crippen LogP contribution in [0.3, 0.4) is 0 Å². The number of carbonyl (C=O) groups is 1. The normalized spacial score (nSPS) is 10.8. The molecule has 4 heteroatoms. The van der Waals surface area contributed by atoms with Gasteiger partial charge in [-0.2, -0.15) is 0 Å². The Balaban J connectivity index is 1.47. The summed E-state index contributed by atoms with van der Waals surface area (Å²) in [5, 5.41) is 1.98. The molecular formula is C25H22N2OS. The summed E-state index contributed by atoms with van der Waals surface area (Å²) in [4.78, 5) is 19.6. The van der Waals surface area contributed by atoms with Crippen molar-refractivity contribution in [2.75, 3.05) is 5.75 Å². The summed E-state index contributed by atoms with van der Waals surface area (Å²) in [6.45, 7) is 1.19. The average Bonchev–Trinajstić information content (AvgIpc) is 2.78. The first-order chi connectivity index (χ1) is 14.3. The van der Waals surface area contributed by atoms with Crippen molar-refractivity contribution in [3.8, 4) is 0 Å². The molecule has 3 nitrogen and oxygen atoms in total. The number of pyridine rings is 1. The number of fused-ring (bicyclic) bond motifs is 1. The minimum Gasteiger partial charge on any atom is -0.333 e. The zero-order chi connectivity index (χ0) is 19.9. The molecule has 144 valence electrons. The highest BCUT2D eigenvalue weighted by Gasteiger charge is 2.15. The van der Waals surface area contributed by atoms with Gasteiger partial charge in [0.05, 0.1) is 16.3 Å². The maximum Gasteiger partial charge on any atom is 0.233 e. The number of nitrogens with zero attached hydrogens (tertiary/aromatic N) is 2. The largest absolute Gasteiger partial charge is 0.333 e. The lowest BCUT2D eigenvalue weighted by molar-refractivity contribution is -0.129. The lowest BCUT2D eigenvalue weighted by Crippen LogP contribution is -2.31. The number of amides is 1. The third-order valence-corrected chi connectivity index (χ3v) is 5.62. The van der Waals surface area contributed by atoms with Crippen molar-refractivity contribution >= 4 is 28.6 Å². The molecule has 0 spiro atoms. The van der Waals surface area contributed by atoms with Gasteiger partial charge in [-0.3, -0.25) is 4.79 Å². The summed E-state index contributed by atoms with van der Waals surface area (Å²) < 4.78 is 0. The molecule has 4 aromatic rings. The van der Waals surface area contributed by atoms with E-state index in [0.717, 1.165) is 27.1 Å². The number of hydrogen-bond donors (Lipinski definition) is 0. The third kappa shape index (κ3) is 5.24. The zero-order valence-electron chi connectivity index (χ0n) is 16.1. The van der Waals surface area contributed by atoms with Gasteiger partial charge in [0.2, 0.25) is 5.91 Å². The minimum atomic E-state index is 0.109. The van der Waals surface area contributed by atoms with Crippen LogP contribution in [-0.2, 0) is 17.9 Å². The van der Waals surface area contributed by atoms with E-state index in [4.69, 9.17) is 0 Å². The van der Waals surface area contributed by atoms with E-state index < -0.39 is 0 Å². The fourth-order valence-electron chi connectivity index (χ4n) is 3.19. The van der Waals surface area contributed by atoms with Crippen LogP contribution >= 0.6 is 11.8 Å². The Labute approximate surface area is 175 Å². The Morgan fingerprint density at radius 3 is 1.97 bits per heavy atom. The summed E-state index contributed by atoms with van der Waals surface area (Å²) in [7, 11) is 0. The Morgan fingerprint density at radius 1 is 0.724 bits per heavy atom. The van der Waals surface area contributed by atoms with Crippen LogP contribution in [0.1, 0.15) is 11.1 Å². The number of aromatic nitrogens is 1. The number of benzene rings is 3. The Hall–Kier alpha value is -3.11. The number of thioether (sulfide) groups is 1. The fourth-order valence-corrected chi connectivity index (χ4v) is 3.98. The molecule has 0 radical (unpaired) electrons. The van der Waals surface area contributed by atoms with Gasteiger partial charge < -0.3 is 4.90 Å². The molecule has 0 atom stereocenters. The van der Waals surface area contributed by atoms with Crippen molar-refractivity contribution in [2.45, 2.75) is 18.1 Å². The van der Waals surface area contributed by atoms with E-state index >= 15 is 0 Å². The molecule has 3 aromatic carbocycles. The molecule has 0 aliphatic rings. The predicted molar refractivity (Wildman–Crippen MR) is 120 cm³/mol. The quantitative estimate of drug-likeness (QED) is 0.382. The summed E-state index contributed by atoms with van der Waals surface area (Å²) in [5.41, 5.74) is 3.21. The number of rotatable bonds is 7. The van der Waals surface area contributed by atoms with E-state index in [-0.39, 0.29) is 5.91 Å². The highest BCUT2D eigenvalue weighted by molar-refractivity contribution is 7.99. The molecule has 0 saturated heterocycles. The lowest BCUT2D eigenvalue weighted by atomic mass is 10.1. The van der Waals surface area contributed by atoms with Crippen molar-refractivity contribution in [3.63, 3.8) is 0 Å². The van der Waals surface area contributed by atoms with Gasteiger partial charge in [0, 0.05) is 18.5 Å². The monoisotopic (exact) mass is 398 g/mol. The molecule has 29 heavy (non-hydrogen) atoms. The molecule has 4 rings (SSSR count). The Kier molecular flexibility index (Phi) is 6.22. The van der Waals surface area contributed by atoms with Crippen LogP contribution in [0.2, 0.25) is 0 Å². The number of para-hydroxylation sites is 1. The molecule has 0 N–H and O–H groups in total. The van der Waals surface area contributed by atoms with Crippen molar-refractivity contribution < 1.29 is 4.79 Å². The smallest absolute Gasteiger partial charge is 0.233 e. The molecule has 0 fully saturated rings. The minimum absolute atomic E-state index is 0.109. The summed E-state index contributed by atoms with van der Waals surface area (Å²) in [6, 6.07) is 32.3. The molecule has 0 aliphatic carbocycles. The molecule has 1 amide bonds. The summed E-state index contributed by atoms with van der Waals surface area (Å²) in [5.74, 6) is 0.475. The maximum atomic E-state index is 13.1. The van der Waals surface area contributed by atoms with Crippen LogP contribution in [0.25, 0.3) is 10.9 Å². The van der Waals surface area contributed by atoms with E-state index in [1.165, 1.54) is 11.8 Å². The highest BCUT2D eigenvalue weighted by atomic mass is 32.2. The molecule has 0 aliphatic heterocycles. The molecule has 1 aromatic heterocycles. The van der Waals surface area contributed by atoms with E-state index in [9.17, 15) is 4.79 Å². The lowest BCUT2D eigenvalue weighted by Gasteiger charge is -2.23. The highest BCUT2D eigenvalue weighted by Crippen LogP contribution is 2.21. The first-order valence-corrected chi connectivity index (χ1v) is 10.6. The van der Waals surface area contributed by atoms with Crippen LogP contribution < -0.4 is 0 Å².